The van der Waals surface area contributed by atoms with Gasteiger partial charge in [0.1, 0.15) is 0 Å². The maximum atomic E-state index is 13.0. The Kier molecular flexibility index (Phi) is 5.67. The van der Waals surface area contributed by atoms with Gasteiger partial charge in [-0.1, -0.05) is 24.3 Å². The summed E-state index contributed by atoms with van der Waals surface area (Å²) >= 11 is 0. The van der Waals surface area contributed by atoms with Crippen LogP contribution in [0.3, 0.4) is 0 Å². The van der Waals surface area contributed by atoms with Crippen molar-refractivity contribution in [2.75, 3.05) is 31.5 Å². The third-order valence-electron chi connectivity index (χ3n) is 6.26. The first kappa shape index (κ1) is 19.6. The Hall–Kier alpha value is -2.67. The molecule has 2 amide bonds. The smallest absolute Gasteiger partial charge is 0.238 e. The number of likely N-dealkylation sites (tertiary alicyclic amines) is 1. The van der Waals surface area contributed by atoms with Crippen LogP contribution < -0.4 is 5.32 Å². The zero-order chi connectivity index (χ0) is 20.4. The summed E-state index contributed by atoms with van der Waals surface area (Å²) in [6, 6.07) is 8.40. The molecule has 0 atom stereocenters. The van der Waals surface area contributed by atoms with Gasteiger partial charge in [0.15, 0.2) is 0 Å². The Morgan fingerprint density at radius 2 is 1.86 bits per heavy atom. The van der Waals surface area contributed by atoms with Crippen LogP contribution in [0.1, 0.15) is 29.7 Å². The Morgan fingerprint density at radius 1 is 1.14 bits per heavy atom. The molecule has 0 spiro atoms. The highest BCUT2D eigenvalue weighted by Crippen LogP contribution is 2.24. The Labute approximate surface area is 171 Å². The van der Waals surface area contributed by atoms with Crippen LogP contribution in [0.5, 0.6) is 0 Å². The molecule has 29 heavy (non-hydrogen) atoms. The summed E-state index contributed by atoms with van der Waals surface area (Å²) in [5, 5.41) is 7.08. The van der Waals surface area contributed by atoms with Crippen molar-refractivity contribution >= 4 is 17.5 Å². The van der Waals surface area contributed by atoms with Crippen molar-refractivity contribution < 1.29 is 9.59 Å². The van der Waals surface area contributed by atoms with Crippen LogP contribution in [0, 0.1) is 12.8 Å². The second kappa shape index (κ2) is 8.37. The molecule has 154 valence electrons. The van der Waals surface area contributed by atoms with Gasteiger partial charge in [-0.2, -0.15) is 5.10 Å². The number of fused-ring (bicyclic) bond motifs is 1. The first-order valence-electron chi connectivity index (χ1n) is 10.4. The van der Waals surface area contributed by atoms with Crippen LogP contribution in [0.25, 0.3) is 0 Å². The summed E-state index contributed by atoms with van der Waals surface area (Å²) in [6.07, 6.45) is 4.25. The number of amides is 2. The largest absolute Gasteiger partial charge is 0.338 e. The van der Waals surface area contributed by atoms with E-state index in [1.165, 1.54) is 11.1 Å². The zero-order valence-corrected chi connectivity index (χ0v) is 17.2. The third kappa shape index (κ3) is 4.34. The Balaban J connectivity index is 1.25. The molecule has 4 rings (SSSR count). The van der Waals surface area contributed by atoms with Gasteiger partial charge in [-0.25, -0.2) is 0 Å². The number of benzene rings is 1. The molecular formula is C22H29N5O2. The molecule has 0 aliphatic carbocycles. The number of hydrogen-bond acceptors (Lipinski definition) is 4. The molecule has 1 N–H and O–H groups in total. The lowest BCUT2D eigenvalue weighted by atomic mass is 9.93. The van der Waals surface area contributed by atoms with E-state index in [4.69, 9.17) is 0 Å². The molecule has 2 aliphatic rings. The summed E-state index contributed by atoms with van der Waals surface area (Å²) in [5.41, 5.74) is 4.33. The van der Waals surface area contributed by atoms with Crippen molar-refractivity contribution in [1.29, 1.82) is 0 Å². The summed E-state index contributed by atoms with van der Waals surface area (Å²) < 4.78 is 1.74. The number of aryl methyl sites for hydroxylation is 1. The second-order valence-electron chi connectivity index (χ2n) is 8.14. The van der Waals surface area contributed by atoms with Gasteiger partial charge in [0.25, 0.3) is 0 Å². The number of carbonyl (C=O) groups excluding carboxylic acids is 2. The fourth-order valence-corrected chi connectivity index (χ4v) is 4.29. The van der Waals surface area contributed by atoms with Crippen molar-refractivity contribution in [3.05, 3.63) is 47.3 Å². The van der Waals surface area contributed by atoms with E-state index in [0.29, 0.717) is 6.54 Å². The lowest BCUT2D eigenvalue weighted by Crippen LogP contribution is -2.45. The monoisotopic (exact) mass is 395 g/mol. The average Bonchev–Trinajstić information content (AvgIpc) is 3.05. The van der Waals surface area contributed by atoms with Crippen molar-refractivity contribution in [2.45, 2.75) is 32.7 Å². The quantitative estimate of drug-likeness (QED) is 0.859. The molecule has 1 fully saturated rings. The predicted molar refractivity (Wildman–Crippen MR) is 111 cm³/mol. The van der Waals surface area contributed by atoms with Crippen LogP contribution in [0.4, 0.5) is 5.69 Å². The lowest BCUT2D eigenvalue weighted by Gasteiger charge is -2.35. The van der Waals surface area contributed by atoms with E-state index < -0.39 is 0 Å². The van der Waals surface area contributed by atoms with Gasteiger partial charge in [-0.05, 0) is 50.4 Å². The fourth-order valence-electron chi connectivity index (χ4n) is 4.29. The molecular weight excluding hydrogens is 366 g/mol. The molecule has 0 unspecified atom stereocenters. The first-order chi connectivity index (χ1) is 14.0. The minimum Gasteiger partial charge on any atom is -0.338 e. The minimum absolute atomic E-state index is 0.0292. The van der Waals surface area contributed by atoms with E-state index in [1.807, 2.05) is 24.9 Å². The van der Waals surface area contributed by atoms with Crippen molar-refractivity contribution in [1.82, 2.24) is 19.6 Å². The maximum absolute atomic E-state index is 13.0. The van der Waals surface area contributed by atoms with Gasteiger partial charge in [0.2, 0.25) is 11.8 Å². The first-order valence-corrected chi connectivity index (χ1v) is 10.4. The maximum Gasteiger partial charge on any atom is 0.238 e. The number of carbonyl (C=O) groups is 2. The molecule has 7 nitrogen and oxygen atoms in total. The van der Waals surface area contributed by atoms with E-state index >= 15 is 0 Å². The SMILES string of the molecule is Cc1c(NC(=O)CN2CCC(C(=O)N3CCc4ccccc4C3)CC2)cnn1C. The predicted octanol–water partition coefficient (Wildman–Crippen LogP) is 1.96. The molecule has 3 heterocycles. The van der Waals surface area contributed by atoms with Crippen molar-refractivity contribution in [3.8, 4) is 0 Å². The third-order valence-corrected chi connectivity index (χ3v) is 6.26. The molecule has 2 aliphatic heterocycles. The average molecular weight is 396 g/mol. The highest BCUT2D eigenvalue weighted by atomic mass is 16.2. The number of nitrogens with one attached hydrogen (secondary N) is 1. The van der Waals surface area contributed by atoms with Crippen molar-refractivity contribution in [2.24, 2.45) is 13.0 Å². The standard InChI is InChI=1S/C22H29N5O2/c1-16-20(13-23-25(16)2)24-21(28)15-26-10-7-18(8-11-26)22(29)27-12-9-17-5-3-4-6-19(17)14-27/h3-6,13,18H,7-12,14-15H2,1-2H3,(H,24,28). The molecule has 0 saturated carbocycles. The highest BCUT2D eigenvalue weighted by molar-refractivity contribution is 5.92. The van der Waals surface area contributed by atoms with E-state index in [-0.39, 0.29) is 17.7 Å². The Bertz CT molecular complexity index is 898. The number of anilines is 1. The topological polar surface area (TPSA) is 70.5 Å². The van der Waals surface area contributed by atoms with Crippen molar-refractivity contribution in [3.63, 3.8) is 0 Å². The second-order valence-corrected chi connectivity index (χ2v) is 8.14. The lowest BCUT2D eigenvalue weighted by molar-refractivity contribution is -0.138. The van der Waals surface area contributed by atoms with E-state index in [0.717, 1.165) is 56.8 Å². The number of hydrogen-bond donors (Lipinski definition) is 1. The van der Waals surface area contributed by atoms with E-state index in [9.17, 15) is 9.59 Å². The van der Waals surface area contributed by atoms with Crippen LogP contribution in [-0.4, -0.2) is 57.6 Å². The van der Waals surface area contributed by atoms with Gasteiger partial charge in [-0.15, -0.1) is 0 Å². The van der Waals surface area contributed by atoms with Gasteiger partial charge in [0.05, 0.1) is 24.1 Å². The summed E-state index contributed by atoms with van der Waals surface area (Å²) in [5.74, 6) is 0.313. The molecule has 1 aromatic heterocycles. The van der Waals surface area contributed by atoms with E-state index in [1.54, 1.807) is 10.9 Å². The fraction of sp³-hybridized carbons (Fsp3) is 0.500. The van der Waals surface area contributed by atoms with Gasteiger partial charge < -0.3 is 10.2 Å². The number of rotatable bonds is 4. The number of nitrogens with zero attached hydrogens (tertiary/aromatic N) is 4. The number of aromatic nitrogens is 2. The molecule has 7 heteroatoms. The Morgan fingerprint density at radius 3 is 2.55 bits per heavy atom. The molecule has 2 aromatic rings. The van der Waals surface area contributed by atoms with Gasteiger partial charge in [0, 0.05) is 26.1 Å². The van der Waals surface area contributed by atoms with Crippen LogP contribution in [-0.2, 0) is 29.6 Å². The molecule has 1 saturated heterocycles. The molecule has 0 bridgehead atoms. The van der Waals surface area contributed by atoms with Gasteiger partial charge in [-0.3, -0.25) is 19.2 Å². The van der Waals surface area contributed by atoms with E-state index in [2.05, 4.69) is 33.5 Å². The normalized spacial score (nSPS) is 17.8. The van der Waals surface area contributed by atoms with Gasteiger partial charge >= 0.3 is 0 Å². The highest BCUT2D eigenvalue weighted by Gasteiger charge is 2.30. The summed E-state index contributed by atoms with van der Waals surface area (Å²) in [4.78, 5) is 29.5. The zero-order valence-electron chi connectivity index (χ0n) is 17.2. The summed E-state index contributed by atoms with van der Waals surface area (Å²) in [6.45, 7) is 5.37. The molecule has 0 radical (unpaired) electrons. The van der Waals surface area contributed by atoms with Crippen LogP contribution in [0.15, 0.2) is 30.5 Å². The summed E-state index contributed by atoms with van der Waals surface area (Å²) in [7, 11) is 1.85. The van der Waals surface area contributed by atoms with Crippen LogP contribution >= 0.6 is 0 Å². The molecule has 1 aromatic carbocycles. The number of piperidine rings is 1. The van der Waals surface area contributed by atoms with Crippen LogP contribution in [0.2, 0.25) is 0 Å². The minimum atomic E-state index is -0.0292.